The van der Waals surface area contributed by atoms with Crippen LogP contribution in [-0.2, 0) is 14.8 Å². The summed E-state index contributed by atoms with van der Waals surface area (Å²) >= 11 is 1.21. The maximum atomic E-state index is 12.5. The van der Waals surface area contributed by atoms with Gasteiger partial charge in [0.05, 0.1) is 18.6 Å². The molecule has 0 saturated heterocycles. The van der Waals surface area contributed by atoms with E-state index in [1.165, 1.54) is 11.3 Å². The largest absolute Gasteiger partial charge is 0.492 e. The molecule has 0 atom stereocenters. The Morgan fingerprint density at radius 3 is 2.48 bits per heavy atom. The Labute approximate surface area is 173 Å². The molecule has 3 rings (SSSR count). The van der Waals surface area contributed by atoms with Gasteiger partial charge in [0.2, 0.25) is 21.1 Å². The van der Waals surface area contributed by atoms with E-state index in [4.69, 9.17) is 4.74 Å². The van der Waals surface area contributed by atoms with Crippen molar-refractivity contribution in [1.82, 2.24) is 10.2 Å². The summed E-state index contributed by atoms with van der Waals surface area (Å²) in [4.78, 5) is 12.5. The summed E-state index contributed by atoms with van der Waals surface area (Å²) < 4.78 is 31.2. The monoisotopic (exact) mass is 432 g/mol. The number of anilines is 2. The summed E-state index contributed by atoms with van der Waals surface area (Å²) in [6, 6.07) is 16.1. The van der Waals surface area contributed by atoms with Gasteiger partial charge in [0, 0.05) is 5.56 Å². The number of amides is 1. The van der Waals surface area contributed by atoms with Crippen molar-refractivity contribution >= 4 is 38.1 Å². The van der Waals surface area contributed by atoms with E-state index in [-0.39, 0.29) is 0 Å². The minimum atomic E-state index is -3.72. The zero-order chi connectivity index (χ0) is 20.9. The highest BCUT2D eigenvalue weighted by Crippen LogP contribution is 2.30. The molecule has 0 radical (unpaired) electrons. The number of sulfonamides is 1. The third kappa shape index (κ3) is 5.30. The smallest absolute Gasteiger partial charge is 0.246 e. The van der Waals surface area contributed by atoms with Crippen molar-refractivity contribution in [2.45, 2.75) is 6.92 Å². The van der Waals surface area contributed by atoms with Crippen molar-refractivity contribution in [2.24, 2.45) is 0 Å². The third-order valence-corrected chi connectivity index (χ3v) is 5.83. The maximum Gasteiger partial charge on any atom is 0.246 e. The fraction of sp³-hybridized carbons (Fsp3) is 0.211. The molecule has 0 aliphatic heterocycles. The van der Waals surface area contributed by atoms with Crippen LogP contribution in [0.2, 0.25) is 0 Å². The van der Waals surface area contributed by atoms with Crippen LogP contribution < -0.4 is 14.4 Å². The van der Waals surface area contributed by atoms with Gasteiger partial charge >= 0.3 is 0 Å². The van der Waals surface area contributed by atoms with Crippen molar-refractivity contribution in [3.05, 3.63) is 54.6 Å². The lowest BCUT2D eigenvalue weighted by Gasteiger charge is -2.23. The molecule has 0 fully saturated rings. The van der Waals surface area contributed by atoms with Gasteiger partial charge in [-0.2, -0.15) is 0 Å². The van der Waals surface area contributed by atoms with E-state index in [1.807, 2.05) is 30.3 Å². The molecule has 0 bridgehead atoms. The first kappa shape index (κ1) is 20.7. The molecule has 10 heteroatoms. The molecule has 1 heterocycles. The van der Waals surface area contributed by atoms with Gasteiger partial charge in [-0.25, -0.2) is 8.42 Å². The number of nitrogens with one attached hydrogen (secondary N) is 1. The van der Waals surface area contributed by atoms with Crippen LogP contribution in [0.15, 0.2) is 54.6 Å². The van der Waals surface area contributed by atoms with E-state index in [1.54, 1.807) is 31.2 Å². The van der Waals surface area contributed by atoms with E-state index >= 15 is 0 Å². The van der Waals surface area contributed by atoms with Crippen molar-refractivity contribution in [3.8, 4) is 16.3 Å². The SMILES string of the molecule is CCOc1ccccc1N(CC(=O)Nc1nnc(-c2ccccc2)s1)S(C)(=O)=O. The van der Waals surface area contributed by atoms with Crippen molar-refractivity contribution < 1.29 is 17.9 Å². The molecule has 0 saturated carbocycles. The second-order valence-electron chi connectivity index (χ2n) is 6.00. The first-order valence-electron chi connectivity index (χ1n) is 8.77. The molecular weight excluding hydrogens is 412 g/mol. The lowest BCUT2D eigenvalue weighted by molar-refractivity contribution is -0.114. The van der Waals surface area contributed by atoms with Crippen molar-refractivity contribution in [1.29, 1.82) is 0 Å². The summed E-state index contributed by atoms with van der Waals surface area (Å²) in [5.74, 6) is -0.145. The second-order valence-corrected chi connectivity index (χ2v) is 8.88. The lowest BCUT2D eigenvalue weighted by Crippen LogP contribution is -2.37. The summed E-state index contributed by atoms with van der Waals surface area (Å²) in [5.41, 5.74) is 1.18. The van der Waals surface area contributed by atoms with Crippen LogP contribution in [0.1, 0.15) is 6.92 Å². The van der Waals surface area contributed by atoms with Crippen LogP contribution in [0.25, 0.3) is 10.6 Å². The summed E-state index contributed by atoms with van der Waals surface area (Å²) in [7, 11) is -3.72. The Morgan fingerprint density at radius 1 is 1.10 bits per heavy atom. The Balaban J connectivity index is 1.78. The molecule has 1 N–H and O–H groups in total. The van der Waals surface area contributed by atoms with Gasteiger partial charge in [0.15, 0.2) is 0 Å². The van der Waals surface area contributed by atoms with Gasteiger partial charge in [-0.3, -0.25) is 14.4 Å². The predicted octanol–water partition coefficient (Wildman–Crippen LogP) is 3.01. The number of rotatable bonds is 8. The number of benzene rings is 2. The summed E-state index contributed by atoms with van der Waals surface area (Å²) in [6.45, 7) is 1.76. The molecule has 8 nitrogen and oxygen atoms in total. The molecule has 0 aliphatic rings. The van der Waals surface area contributed by atoms with E-state index in [2.05, 4.69) is 15.5 Å². The normalized spacial score (nSPS) is 11.1. The van der Waals surface area contributed by atoms with Crippen molar-refractivity contribution in [3.63, 3.8) is 0 Å². The molecule has 29 heavy (non-hydrogen) atoms. The van der Waals surface area contributed by atoms with Crippen LogP contribution in [0.5, 0.6) is 5.75 Å². The van der Waals surface area contributed by atoms with E-state index in [9.17, 15) is 13.2 Å². The number of carbonyl (C=O) groups is 1. The van der Waals surface area contributed by atoms with Crippen LogP contribution in [0.3, 0.4) is 0 Å². The maximum absolute atomic E-state index is 12.5. The minimum Gasteiger partial charge on any atom is -0.492 e. The van der Waals surface area contributed by atoms with Crippen molar-refractivity contribution in [2.75, 3.05) is 29.0 Å². The molecule has 0 spiro atoms. The van der Waals surface area contributed by atoms with Crippen LogP contribution in [0.4, 0.5) is 10.8 Å². The molecular formula is C19H20N4O4S2. The minimum absolute atomic E-state index is 0.292. The van der Waals surface area contributed by atoms with E-state index < -0.39 is 22.5 Å². The number of hydrogen-bond donors (Lipinski definition) is 1. The highest BCUT2D eigenvalue weighted by atomic mass is 32.2. The Bertz CT molecular complexity index is 1080. The predicted molar refractivity (Wildman–Crippen MR) is 114 cm³/mol. The number of nitrogens with zero attached hydrogens (tertiary/aromatic N) is 3. The molecule has 2 aromatic carbocycles. The quantitative estimate of drug-likeness (QED) is 0.587. The van der Waals surface area contributed by atoms with Gasteiger partial charge < -0.3 is 4.74 Å². The topological polar surface area (TPSA) is 101 Å². The van der Waals surface area contributed by atoms with E-state index in [0.717, 1.165) is 16.1 Å². The Morgan fingerprint density at radius 2 is 1.79 bits per heavy atom. The molecule has 152 valence electrons. The Kier molecular flexibility index (Phi) is 6.45. The van der Waals surface area contributed by atoms with E-state index in [0.29, 0.717) is 28.2 Å². The average Bonchev–Trinajstić information content (AvgIpc) is 3.15. The number of hydrogen-bond acceptors (Lipinski definition) is 7. The first-order chi connectivity index (χ1) is 13.9. The zero-order valence-electron chi connectivity index (χ0n) is 15.9. The molecule has 3 aromatic rings. The van der Waals surface area contributed by atoms with Gasteiger partial charge in [-0.1, -0.05) is 53.8 Å². The summed E-state index contributed by atoms with van der Waals surface area (Å²) in [5, 5.41) is 11.6. The Hall–Kier alpha value is -2.98. The number of aromatic nitrogens is 2. The van der Waals surface area contributed by atoms with Crippen LogP contribution >= 0.6 is 11.3 Å². The van der Waals surface area contributed by atoms with Gasteiger partial charge in [-0.15, -0.1) is 10.2 Å². The van der Waals surface area contributed by atoms with Gasteiger partial charge in [0.25, 0.3) is 0 Å². The fourth-order valence-corrected chi connectivity index (χ4v) is 4.21. The summed E-state index contributed by atoms with van der Waals surface area (Å²) in [6.07, 6.45) is 1.04. The number of para-hydroxylation sites is 2. The fourth-order valence-electron chi connectivity index (χ4n) is 2.58. The first-order valence-corrected chi connectivity index (χ1v) is 11.4. The molecule has 1 amide bonds. The van der Waals surface area contributed by atoms with Crippen LogP contribution in [0, 0.1) is 0 Å². The zero-order valence-corrected chi connectivity index (χ0v) is 17.5. The molecule has 0 aliphatic carbocycles. The number of ether oxygens (including phenoxy) is 1. The third-order valence-electron chi connectivity index (χ3n) is 3.81. The van der Waals surface area contributed by atoms with Gasteiger partial charge in [0.1, 0.15) is 17.3 Å². The van der Waals surface area contributed by atoms with Crippen LogP contribution in [-0.4, -0.2) is 43.9 Å². The number of carbonyl (C=O) groups excluding carboxylic acids is 1. The second kappa shape index (κ2) is 9.01. The molecule has 1 aromatic heterocycles. The highest BCUT2D eigenvalue weighted by Gasteiger charge is 2.24. The standard InChI is InChI=1S/C19H20N4O4S2/c1-3-27-16-12-8-7-11-15(16)23(29(2,25)26)13-17(24)20-19-22-21-18(28-19)14-9-5-4-6-10-14/h4-12H,3,13H2,1-2H3,(H,20,22,24). The lowest BCUT2D eigenvalue weighted by atomic mass is 10.2. The highest BCUT2D eigenvalue weighted by molar-refractivity contribution is 7.92. The average molecular weight is 433 g/mol. The van der Waals surface area contributed by atoms with Gasteiger partial charge in [-0.05, 0) is 19.1 Å². The molecule has 0 unspecified atom stereocenters.